The molecule has 0 aliphatic carbocycles. The topological polar surface area (TPSA) is 76.6 Å². The molecule has 1 aromatic heterocycles. The molecule has 1 fully saturated rings. The number of amides is 1. The Kier molecular flexibility index (Phi) is 4.63. The van der Waals surface area contributed by atoms with Gasteiger partial charge in [0.15, 0.2) is 0 Å². The van der Waals surface area contributed by atoms with Gasteiger partial charge in [-0.2, -0.15) is 0 Å². The zero-order chi connectivity index (χ0) is 20.0. The second kappa shape index (κ2) is 6.98. The Bertz CT molecular complexity index is 1140. The lowest BCUT2D eigenvalue weighted by Gasteiger charge is -2.23. The molecule has 8 heteroatoms. The molecule has 2 heterocycles. The number of likely N-dealkylation sites (N-methyl/N-ethyl adjacent to an activating group) is 1. The molecule has 0 unspecified atom stereocenters. The number of nitrogens with one attached hydrogen (secondary N) is 1. The number of halogens is 2. The zero-order valence-electron chi connectivity index (χ0n) is 14.7. The van der Waals surface area contributed by atoms with E-state index < -0.39 is 5.97 Å². The molecule has 0 spiro atoms. The third kappa shape index (κ3) is 3.05. The van der Waals surface area contributed by atoms with Crippen molar-refractivity contribution in [2.24, 2.45) is 0 Å². The van der Waals surface area contributed by atoms with Gasteiger partial charge in [-0.3, -0.25) is 4.79 Å². The number of carboxylic acid groups (broad SMARTS) is 1. The molecule has 2 aromatic carbocycles. The van der Waals surface area contributed by atoms with Gasteiger partial charge in [-0.15, -0.1) is 0 Å². The van der Waals surface area contributed by atoms with Crippen molar-refractivity contribution in [2.45, 2.75) is 0 Å². The van der Waals surface area contributed by atoms with Crippen molar-refractivity contribution < 1.29 is 14.7 Å². The van der Waals surface area contributed by atoms with Gasteiger partial charge in [0.2, 0.25) is 0 Å². The van der Waals surface area contributed by atoms with Crippen LogP contribution >= 0.6 is 23.2 Å². The predicted molar refractivity (Wildman–Crippen MR) is 110 cm³/mol. The Balaban J connectivity index is 1.85. The lowest BCUT2D eigenvalue weighted by atomic mass is 10.1. The molecule has 1 saturated heterocycles. The summed E-state index contributed by atoms with van der Waals surface area (Å²) in [6.45, 7) is 0.338. The summed E-state index contributed by atoms with van der Waals surface area (Å²) in [6.07, 6.45) is 1.59. The lowest BCUT2D eigenvalue weighted by Crippen LogP contribution is -2.35. The maximum Gasteiger partial charge on any atom is 0.352 e. The van der Waals surface area contributed by atoms with Crippen molar-refractivity contribution in [1.29, 1.82) is 0 Å². The second-order valence-corrected chi connectivity index (χ2v) is 7.31. The van der Waals surface area contributed by atoms with Crippen LogP contribution in [0.1, 0.15) is 16.1 Å². The van der Waals surface area contributed by atoms with Gasteiger partial charge in [0.25, 0.3) is 5.91 Å². The summed E-state index contributed by atoms with van der Waals surface area (Å²) in [5.41, 5.74) is 2.01. The minimum atomic E-state index is -1.14. The van der Waals surface area contributed by atoms with E-state index in [0.717, 1.165) is 5.69 Å². The molecular weight excluding hydrogens is 401 g/mol. The number of aromatic carboxylic acids is 1. The summed E-state index contributed by atoms with van der Waals surface area (Å²) < 4.78 is 0. The van der Waals surface area contributed by atoms with E-state index in [2.05, 4.69) is 4.98 Å². The van der Waals surface area contributed by atoms with Gasteiger partial charge < -0.3 is 10.1 Å². The molecule has 3 aromatic rings. The van der Waals surface area contributed by atoms with Crippen LogP contribution in [-0.4, -0.2) is 40.6 Å². The molecule has 1 aliphatic rings. The highest BCUT2D eigenvalue weighted by Crippen LogP contribution is 2.35. The molecule has 0 radical (unpaired) electrons. The van der Waals surface area contributed by atoms with Crippen LogP contribution in [0.15, 0.2) is 48.0 Å². The van der Waals surface area contributed by atoms with Crippen LogP contribution in [0, 0.1) is 0 Å². The van der Waals surface area contributed by atoms with E-state index >= 15 is 0 Å². The highest BCUT2D eigenvalue weighted by molar-refractivity contribution is 6.39. The lowest BCUT2D eigenvalue weighted by molar-refractivity contribution is -0.115. The molecule has 1 aliphatic heterocycles. The summed E-state index contributed by atoms with van der Waals surface area (Å²) in [5.74, 6) is -1.36. The summed E-state index contributed by atoms with van der Waals surface area (Å²) in [7, 11) is 1.80. The van der Waals surface area contributed by atoms with Crippen LogP contribution in [0.4, 0.5) is 5.69 Å². The fourth-order valence-corrected chi connectivity index (χ4v) is 4.02. The molecule has 142 valence electrons. The standard InChI is InChI=1S/C20H15Cl2N3O3/c1-24-10-11(19(26)25(24)13-5-3-2-4-6-13)7-14-17-15(22)8-12(21)9-16(17)23-18(14)20(27)28/h2-9,23H,10H2,1H3,(H,27,28). The molecular formula is C20H15Cl2N3O3. The third-order valence-corrected chi connectivity index (χ3v) is 5.11. The number of hydrazine groups is 1. The minimum absolute atomic E-state index is 0.0414. The number of carbonyl (C=O) groups is 2. The first-order valence-electron chi connectivity index (χ1n) is 8.42. The van der Waals surface area contributed by atoms with Crippen molar-refractivity contribution >= 4 is 57.7 Å². The SMILES string of the molecule is CN1CC(=Cc2c(C(=O)O)[nH]c3cc(Cl)cc(Cl)c23)C(=O)N1c1ccccc1. The van der Waals surface area contributed by atoms with Gasteiger partial charge in [-0.1, -0.05) is 41.4 Å². The number of rotatable bonds is 3. The average Bonchev–Trinajstić information content (AvgIpc) is 3.13. The first-order chi connectivity index (χ1) is 13.4. The number of aromatic amines is 1. The number of anilines is 1. The smallest absolute Gasteiger partial charge is 0.352 e. The Morgan fingerprint density at radius 2 is 1.93 bits per heavy atom. The third-order valence-electron chi connectivity index (χ3n) is 4.59. The maximum absolute atomic E-state index is 13.0. The Morgan fingerprint density at radius 1 is 1.21 bits per heavy atom. The normalized spacial score (nSPS) is 16.5. The minimum Gasteiger partial charge on any atom is -0.477 e. The monoisotopic (exact) mass is 415 g/mol. The van der Waals surface area contributed by atoms with Crippen molar-refractivity contribution in [1.82, 2.24) is 9.99 Å². The van der Waals surface area contributed by atoms with Crippen LogP contribution in [0.3, 0.4) is 0 Å². The van der Waals surface area contributed by atoms with Crippen LogP contribution in [0.25, 0.3) is 17.0 Å². The molecule has 6 nitrogen and oxygen atoms in total. The highest BCUT2D eigenvalue weighted by Gasteiger charge is 2.33. The Labute approximate surface area is 170 Å². The predicted octanol–water partition coefficient (Wildman–Crippen LogP) is 4.45. The molecule has 4 rings (SSSR count). The number of aromatic nitrogens is 1. The zero-order valence-corrected chi connectivity index (χ0v) is 16.3. The number of H-pyrrole nitrogens is 1. The number of carboxylic acids is 1. The van der Waals surface area contributed by atoms with Gasteiger partial charge in [0.05, 0.1) is 10.7 Å². The number of nitrogens with zero attached hydrogens (tertiary/aromatic N) is 2. The van der Waals surface area contributed by atoms with Crippen LogP contribution < -0.4 is 5.01 Å². The quantitative estimate of drug-likeness (QED) is 0.619. The summed E-state index contributed by atoms with van der Waals surface area (Å²) in [6, 6.07) is 12.4. The summed E-state index contributed by atoms with van der Waals surface area (Å²) in [4.78, 5) is 27.6. The number of fused-ring (bicyclic) bond motifs is 1. The van der Waals surface area contributed by atoms with E-state index in [0.29, 0.717) is 38.6 Å². The number of para-hydroxylation sites is 1. The van der Waals surface area contributed by atoms with E-state index in [9.17, 15) is 14.7 Å². The van der Waals surface area contributed by atoms with Gasteiger partial charge in [0, 0.05) is 40.7 Å². The number of benzene rings is 2. The molecule has 1 amide bonds. The van der Waals surface area contributed by atoms with E-state index in [-0.39, 0.29) is 11.6 Å². The van der Waals surface area contributed by atoms with Gasteiger partial charge >= 0.3 is 5.97 Å². The van der Waals surface area contributed by atoms with Crippen molar-refractivity contribution in [2.75, 3.05) is 18.6 Å². The molecule has 28 heavy (non-hydrogen) atoms. The number of hydrogen-bond acceptors (Lipinski definition) is 3. The molecule has 0 bridgehead atoms. The number of carbonyl (C=O) groups excluding carboxylic acids is 1. The van der Waals surface area contributed by atoms with E-state index in [1.54, 1.807) is 35.3 Å². The fourth-order valence-electron chi connectivity index (χ4n) is 3.43. The molecule has 0 saturated carbocycles. The largest absolute Gasteiger partial charge is 0.477 e. The van der Waals surface area contributed by atoms with E-state index in [1.807, 2.05) is 30.3 Å². The van der Waals surface area contributed by atoms with Gasteiger partial charge in [-0.05, 0) is 30.3 Å². The van der Waals surface area contributed by atoms with E-state index in [1.165, 1.54) is 0 Å². The molecule has 2 N–H and O–H groups in total. The van der Waals surface area contributed by atoms with E-state index in [4.69, 9.17) is 23.2 Å². The second-order valence-electron chi connectivity index (χ2n) is 6.47. The fraction of sp³-hybridized carbons (Fsp3) is 0.100. The first kappa shape index (κ1) is 18.6. The van der Waals surface area contributed by atoms with Crippen LogP contribution in [0.5, 0.6) is 0 Å². The number of hydrogen-bond donors (Lipinski definition) is 2. The van der Waals surface area contributed by atoms with Crippen LogP contribution in [0.2, 0.25) is 10.0 Å². The van der Waals surface area contributed by atoms with Crippen LogP contribution in [-0.2, 0) is 4.79 Å². The van der Waals surface area contributed by atoms with Gasteiger partial charge in [0.1, 0.15) is 5.69 Å². The highest BCUT2D eigenvalue weighted by atomic mass is 35.5. The summed E-state index contributed by atoms with van der Waals surface area (Å²) >= 11 is 12.4. The van der Waals surface area contributed by atoms with Crippen molar-refractivity contribution in [3.8, 4) is 0 Å². The van der Waals surface area contributed by atoms with Gasteiger partial charge in [-0.25, -0.2) is 14.8 Å². The first-order valence-corrected chi connectivity index (χ1v) is 9.17. The average molecular weight is 416 g/mol. The Morgan fingerprint density at radius 3 is 2.61 bits per heavy atom. The summed E-state index contributed by atoms with van der Waals surface area (Å²) in [5, 5.41) is 14.2. The van der Waals surface area contributed by atoms with Crippen molar-refractivity contribution in [3.05, 3.63) is 69.3 Å². The maximum atomic E-state index is 13.0. The molecule has 0 atom stereocenters. The Hall–Kier alpha value is -2.80. The van der Waals surface area contributed by atoms with Crippen molar-refractivity contribution in [3.63, 3.8) is 0 Å².